The summed E-state index contributed by atoms with van der Waals surface area (Å²) in [6.07, 6.45) is 1.37. The van der Waals surface area contributed by atoms with E-state index >= 15 is 0 Å². The number of anilines is 1. The maximum absolute atomic E-state index is 12.0. The van der Waals surface area contributed by atoms with Crippen molar-refractivity contribution >= 4 is 40.0 Å². The smallest absolute Gasteiger partial charge is 0.259 e. The Hall–Kier alpha value is -4.52. The highest BCUT2D eigenvalue weighted by Crippen LogP contribution is 2.28. The molecule has 3 N–H and O–H groups in total. The number of carbonyl (C=O) groups is 1. The Morgan fingerprint density at radius 1 is 0.939 bits per heavy atom. The molecule has 33 heavy (non-hydrogen) atoms. The van der Waals surface area contributed by atoms with E-state index in [0.29, 0.717) is 11.3 Å². The number of azo groups is 1. The van der Waals surface area contributed by atoms with E-state index in [4.69, 9.17) is 0 Å². The number of hydrogen-bond donors (Lipinski definition) is 3. The number of phenolic OH excluding ortho intramolecular Hbond substituents is 1. The van der Waals surface area contributed by atoms with Gasteiger partial charge in [0.25, 0.3) is 5.91 Å². The monoisotopic (exact) mass is 437 g/mol. The van der Waals surface area contributed by atoms with Crippen LogP contribution in [0.5, 0.6) is 5.75 Å². The minimum atomic E-state index is -0.307. The van der Waals surface area contributed by atoms with Crippen LogP contribution < -0.4 is 10.7 Å². The lowest BCUT2D eigenvalue weighted by molar-refractivity contribution is -0.119. The van der Waals surface area contributed by atoms with E-state index in [2.05, 4.69) is 26.1 Å². The number of benzene rings is 4. The van der Waals surface area contributed by atoms with Crippen LogP contribution in [0, 0.1) is 6.92 Å². The zero-order chi connectivity index (χ0) is 23.0. The second-order valence-electron chi connectivity index (χ2n) is 7.45. The van der Waals surface area contributed by atoms with Crippen LogP contribution in [0.4, 0.5) is 17.1 Å². The summed E-state index contributed by atoms with van der Waals surface area (Å²) in [5.41, 5.74) is 6.15. The molecule has 0 fully saturated rings. The van der Waals surface area contributed by atoms with Gasteiger partial charge >= 0.3 is 0 Å². The Morgan fingerprint density at radius 3 is 2.58 bits per heavy atom. The molecule has 4 rings (SSSR count). The largest absolute Gasteiger partial charge is 0.507 e. The zero-order valence-electron chi connectivity index (χ0n) is 18.1. The molecule has 0 aliphatic rings. The highest BCUT2D eigenvalue weighted by Gasteiger charge is 2.03. The lowest BCUT2D eigenvalue weighted by atomic mass is 10.1. The molecular formula is C26H23N5O2. The van der Waals surface area contributed by atoms with Crippen LogP contribution in [0.1, 0.15) is 11.1 Å². The van der Waals surface area contributed by atoms with E-state index in [0.717, 1.165) is 27.7 Å². The molecule has 0 aromatic heterocycles. The fourth-order valence-electron chi connectivity index (χ4n) is 3.18. The number of phenols is 1. The highest BCUT2D eigenvalue weighted by molar-refractivity contribution is 5.92. The van der Waals surface area contributed by atoms with Crippen LogP contribution in [0.15, 0.2) is 100 Å². The minimum Gasteiger partial charge on any atom is -0.507 e. The zero-order valence-corrected chi connectivity index (χ0v) is 18.1. The lowest BCUT2D eigenvalue weighted by Crippen LogP contribution is -2.25. The molecular weight excluding hydrogens is 414 g/mol. The van der Waals surface area contributed by atoms with Gasteiger partial charge in [-0.2, -0.15) is 10.2 Å². The Morgan fingerprint density at radius 2 is 1.73 bits per heavy atom. The van der Waals surface area contributed by atoms with E-state index in [1.54, 1.807) is 12.1 Å². The first kappa shape index (κ1) is 21.7. The molecule has 7 heteroatoms. The van der Waals surface area contributed by atoms with Gasteiger partial charge in [0.15, 0.2) is 0 Å². The number of hydrogen-bond acceptors (Lipinski definition) is 6. The SMILES string of the molecule is Cc1ccc(NCC(=O)N/N=C\c2cc(N=Nc3cccc4ccccc34)ccc2O)cc1. The number of carbonyl (C=O) groups excluding carboxylic acids is 1. The van der Waals surface area contributed by atoms with Crippen molar-refractivity contribution in [2.75, 3.05) is 11.9 Å². The van der Waals surface area contributed by atoms with Gasteiger partial charge in [-0.3, -0.25) is 4.79 Å². The summed E-state index contributed by atoms with van der Waals surface area (Å²) in [4.78, 5) is 12.0. The van der Waals surface area contributed by atoms with Gasteiger partial charge in [0.1, 0.15) is 5.75 Å². The second kappa shape index (κ2) is 10.2. The summed E-state index contributed by atoms with van der Waals surface area (Å²) < 4.78 is 0. The predicted molar refractivity (Wildman–Crippen MR) is 132 cm³/mol. The van der Waals surface area contributed by atoms with Gasteiger partial charge < -0.3 is 10.4 Å². The second-order valence-corrected chi connectivity index (χ2v) is 7.45. The number of aromatic hydroxyl groups is 1. The van der Waals surface area contributed by atoms with Crippen molar-refractivity contribution in [1.82, 2.24) is 5.43 Å². The Bertz CT molecular complexity index is 1330. The Balaban J connectivity index is 1.39. The van der Waals surface area contributed by atoms with Crippen LogP contribution in [-0.4, -0.2) is 23.8 Å². The first-order chi connectivity index (χ1) is 16.1. The maximum atomic E-state index is 12.0. The molecule has 0 saturated carbocycles. The number of aryl methyl sites for hydroxylation is 1. The van der Waals surface area contributed by atoms with E-state index in [9.17, 15) is 9.90 Å². The molecule has 4 aromatic rings. The molecule has 0 heterocycles. The van der Waals surface area contributed by atoms with E-state index < -0.39 is 0 Å². The van der Waals surface area contributed by atoms with Crippen molar-refractivity contribution < 1.29 is 9.90 Å². The Kier molecular flexibility index (Phi) is 6.70. The van der Waals surface area contributed by atoms with Gasteiger partial charge in [0.05, 0.1) is 24.1 Å². The van der Waals surface area contributed by atoms with Gasteiger partial charge in [0.2, 0.25) is 0 Å². The van der Waals surface area contributed by atoms with Crippen molar-refractivity contribution in [2.24, 2.45) is 15.3 Å². The van der Waals surface area contributed by atoms with Gasteiger partial charge in [-0.25, -0.2) is 5.43 Å². The third-order valence-electron chi connectivity index (χ3n) is 4.95. The topological polar surface area (TPSA) is 98.4 Å². The fourth-order valence-corrected chi connectivity index (χ4v) is 3.18. The van der Waals surface area contributed by atoms with Crippen LogP contribution in [0.25, 0.3) is 10.8 Å². The Labute approximate surface area is 191 Å². The van der Waals surface area contributed by atoms with Crippen molar-refractivity contribution in [1.29, 1.82) is 0 Å². The van der Waals surface area contributed by atoms with E-state index in [-0.39, 0.29) is 18.2 Å². The molecule has 0 unspecified atom stereocenters. The van der Waals surface area contributed by atoms with Crippen molar-refractivity contribution in [3.63, 3.8) is 0 Å². The average molecular weight is 438 g/mol. The molecule has 0 aliphatic carbocycles. The molecule has 7 nitrogen and oxygen atoms in total. The molecule has 0 spiro atoms. The maximum Gasteiger partial charge on any atom is 0.259 e. The van der Waals surface area contributed by atoms with Crippen molar-refractivity contribution in [2.45, 2.75) is 6.92 Å². The average Bonchev–Trinajstić information content (AvgIpc) is 2.84. The number of rotatable bonds is 7. The first-order valence-corrected chi connectivity index (χ1v) is 10.4. The number of nitrogens with zero attached hydrogens (tertiary/aromatic N) is 3. The first-order valence-electron chi connectivity index (χ1n) is 10.4. The quantitative estimate of drug-likeness (QED) is 0.193. The third-order valence-corrected chi connectivity index (χ3v) is 4.95. The summed E-state index contributed by atoms with van der Waals surface area (Å²) in [7, 11) is 0. The van der Waals surface area contributed by atoms with Gasteiger partial charge in [0, 0.05) is 16.6 Å². The highest BCUT2D eigenvalue weighted by atomic mass is 16.3. The van der Waals surface area contributed by atoms with Gasteiger partial charge in [-0.05, 0) is 48.7 Å². The molecule has 164 valence electrons. The molecule has 4 aromatic carbocycles. The summed E-state index contributed by atoms with van der Waals surface area (Å²) >= 11 is 0. The molecule has 0 saturated heterocycles. The standard InChI is InChI=1S/C26H23N5O2/c1-18-9-11-21(12-10-18)27-17-26(33)31-28-16-20-15-22(13-14-25(20)32)29-30-24-8-4-6-19-5-2-3-7-23(19)24/h2-16,27,32H,17H2,1H3,(H,31,33)/b28-16-,30-29?. The molecule has 0 aliphatic heterocycles. The molecule has 0 atom stereocenters. The summed E-state index contributed by atoms with van der Waals surface area (Å²) in [6.45, 7) is 2.08. The lowest BCUT2D eigenvalue weighted by Gasteiger charge is -2.05. The van der Waals surface area contributed by atoms with E-state index in [1.165, 1.54) is 12.3 Å². The summed E-state index contributed by atoms with van der Waals surface area (Å²) in [5.74, 6) is -0.284. The number of amides is 1. The minimum absolute atomic E-state index is 0.0230. The van der Waals surface area contributed by atoms with Crippen LogP contribution in [0.3, 0.4) is 0 Å². The molecule has 0 radical (unpaired) electrons. The van der Waals surface area contributed by atoms with E-state index in [1.807, 2.05) is 73.7 Å². The van der Waals surface area contributed by atoms with Crippen LogP contribution in [0.2, 0.25) is 0 Å². The van der Waals surface area contributed by atoms with Crippen LogP contribution in [-0.2, 0) is 4.79 Å². The molecule has 0 bridgehead atoms. The normalized spacial score (nSPS) is 11.3. The van der Waals surface area contributed by atoms with Crippen molar-refractivity contribution in [3.8, 4) is 5.75 Å². The fraction of sp³-hybridized carbons (Fsp3) is 0.0769. The summed E-state index contributed by atoms with van der Waals surface area (Å²) in [5, 5.41) is 27.8. The van der Waals surface area contributed by atoms with Crippen molar-refractivity contribution in [3.05, 3.63) is 96.1 Å². The summed E-state index contributed by atoms with van der Waals surface area (Å²) in [6, 6.07) is 26.4. The van der Waals surface area contributed by atoms with Crippen LogP contribution >= 0.6 is 0 Å². The van der Waals surface area contributed by atoms with Gasteiger partial charge in [-0.1, -0.05) is 54.1 Å². The molecule has 1 amide bonds. The number of nitrogens with one attached hydrogen (secondary N) is 2. The number of hydrazone groups is 1. The third kappa shape index (κ3) is 5.80. The number of fused-ring (bicyclic) bond motifs is 1. The predicted octanol–water partition coefficient (Wildman–Crippen LogP) is 5.83. The van der Waals surface area contributed by atoms with Gasteiger partial charge in [-0.15, -0.1) is 5.11 Å².